The van der Waals surface area contributed by atoms with Crippen molar-refractivity contribution >= 4 is 12.0 Å². The smallest absolute Gasteiger partial charge is 0.436 e. The quantitative estimate of drug-likeness (QED) is 0.454. The van der Waals surface area contributed by atoms with Crippen molar-refractivity contribution in [2.45, 2.75) is 20.3 Å². The average Bonchev–Trinajstić information content (AvgIpc) is 2.00. The highest BCUT2D eigenvalue weighted by Gasteiger charge is 1.97. The topological polar surface area (TPSA) is 47.9 Å². The molecule has 4 nitrogen and oxygen atoms in total. The highest BCUT2D eigenvalue weighted by atomic mass is 16.5. The highest BCUT2D eigenvalue weighted by Crippen LogP contribution is 1.87. The number of aliphatic imine (C=N–C) groups is 1. The van der Waals surface area contributed by atoms with Crippen LogP contribution in [-0.2, 0) is 9.47 Å². The molecule has 0 unspecified atom stereocenters. The Balaban J connectivity index is 3.70. The molecule has 0 aliphatic carbocycles. The summed E-state index contributed by atoms with van der Waals surface area (Å²) in [6.07, 6.45) is 0.271. The number of hydrogen-bond donors (Lipinski definition) is 0. The van der Waals surface area contributed by atoms with E-state index in [1.165, 1.54) is 7.11 Å². The minimum Gasteiger partial charge on any atom is -0.481 e. The zero-order valence-electron chi connectivity index (χ0n) is 7.09. The molecule has 0 saturated heterocycles. The molecule has 0 atom stereocenters. The Kier molecular flexibility index (Phi) is 5.15. The fourth-order valence-corrected chi connectivity index (χ4v) is 0.456. The van der Waals surface area contributed by atoms with Gasteiger partial charge in [-0.3, -0.25) is 0 Å². The third kappa shape index (κ3) is 5.39. The van der Waals surface area contributed by atoms with Crippen LogP contribution >= 0.6 is 0 Å². The van der Waals surface area contributed by atoms with E-state index in [2.05, 4.69) is 9.73 Å². The van der Waals surface area contributed by atoms with Gasteiger partial charge in [0.2, 0.25) is 0 Å². The third-order valence-corrected chi connectivity index (χ3v) is 0.938. The summed E-state index contributed by atoms with van der Waals surface area (Å²) in [5.41, 5.74) is 0. The first-order valence-electron chi connectivity index (χ1n) is 3.46. The molecule has 0 aromatic rings. The molecule has 0 rings (SSSR count). The van der Waals surface area contributed by atoms with Crippen LogP contribution in [0, 0.1) is 0 Å². The lowest BCUT2D eigenvalue weighted by atomic mass is 10.5. The second-order valence-corrected chi connectivity index (χ2v) is 1.95. The number of nitrogens with zero attached hydrogens (tertiary/aromatic N) is 1. The van der Waals surface area contributed by atoms with Crippen LogP contribution in [0.1, 0.15) is 20.3 Å². The lowest BCUT2D eigenvalue weighted by molar-refractivity contribution is 0.181. The standard InChI is InChI=1S/C7H13NO3/c1-4-5-11-6(2)8-7(9)10-3/h4-5H2,1-3H3. The molecular weight excluding hydrogens is 146 g/mol. The SMILES string of the molecule is CCCOC(C)=NC(=O)OC. The summed E-state index contributed by atoms with van der Waals surface area (Å²) in [4.78, 5) is 14.0. The van der Waals surface area contributed by atoms with Gasteiger partial charge < -0.3 is 9.47 Å². The number of amides is 1. The first-order chi connectivity index (χ1) is 5.20. The van der Waals surface area contributed by atoms with E-state index in [0.717, 1.165) is 6.42 Å². The van der Waals surface area contributed by atoms with Gasteiger partial charge in [0.1, 0.15) is 0 Å². The maximum atomic E-state index is 10.5. The normalized spacial score (nSPS) is 11.0. The number of methoxy groups -OCH3 is 1. The van der Waals surface area contributed by atoms with Crippen molar-refractivity contribution in [3.05, 3.63) is 0 Å². The molecule has 0 bridgehead atoms. The van der Waals surface area contributed by atoms with E-state index in [4.69, 9.17) is 4.74 Å². The lowest BCUT2D eigenvalue weighted by Gasteiger charge is -2.00. The van der Waals surface area contributed by atoms with E-state index in [1.807, 2.05) is 6.92 Å². The van der Waals surface area contributed by atoms with Gasteiger partial charge in [-0.15, -0.1) is 4.99 Å². The van der Waals surface area contributed by atoms with Gasteiger partial charge in [-0.2, -0.15) is 0 Å². The molecule has 1 amide bonds. The molecule has 4 heteroatoms. The number of hydrogen-bond acceptors (Lipinski definition) is 3. The van der Waals surface area contributed by atoms with Gasteiger partial charge >= 0.3 is 6.09 Å². The molecule has 0 aromatic heterocycles. The van der Waals surface area contributed by atoms with Crippen molar-refractivity contribution < 1.29 is 14.3 Å². The Labute approximate surface area is 66.2 Å². The zero-order chi connectivity index (χ0) is 8.69. The third-order valence-electron chi connectivity index (χ3n) is 0.938. The minimum absolute atomic E-state index is 0.346. The minimum atomic E-state index is -0.626. The molecule has 0 heterocycles. The predicted octanol–water partition coefficient (Wildman–Crippen LogP) is 1.60. The number of carbonyl (C=O) groups is 1. The monoisotopic (exact) mass is 159 g/mol. The summed E-state index contributed by atoms with van der Waals surface area (Å²) in [5.74, 6) is 0.346. The van der Waals surface area contributed by atoms with Crippen LogP contribution in [0.15, 0.2) is 4.99 Å². The van der Waals surface area contributed by atoms with Crippen molar-refractivity contribution in [3.8, 4) is 0 Å². The Bertz CT molecular complexity index is 154. The van der Waals surface area contributed by atoms with Crippen LogP contribution < -0.4 is 0 Å². The van der Waals surface area contributed by atoms with Gasteiger partial charge in [-0.1, -0.05) is 6.92 Å². The molecule has 64 valence electrons. The molecule has 0 aromatic carbocycles. The van der Waals surface area contributed by atoms with E-state index in [0.29, 0.717) is 12.5 Å². The van der Waals surface area contributed by atoms with Gasteiger partial charge in [0.05, 0.1) is 13.7 Å². The summed E-state index contributed by atoms with van der Waals surface area (Å²) in [5, 5.41) is 0. The maximum Gasteiger partial charge on any atom is 0.436 e. The van der Waals surface area contributed by atoms with Crippen molar-refractivity contribution in [2.24, 2.45) is 4.99 Å². The summed E-state index contributed by atoms with van der Waals surface area (Å²) in [7, 11) is 1.28. The first kappa shape index (κ1) is 9.94. The van der Waals surface area contributed by atoms with Crippen LogP contribution in [0.2, 0.25) is 0 Å². The van der Waals surface area contributed by atoms with Gasteiger partial charge in [0, 0.05) is 6.92 Å². The van der Waals surface area contributed by atoms with E-state index in [1.54, 1.807) is 6.92 Å². The largest absolute Gasteiger partial charge is 0.481 e. The average molecular weight is 159 g/mol. The molecule has 0 aliphatic rings. The first-order valence-corrected chi connectivity index (χ1v) is 3.46. The van der Waals surface area contributed by atoms with Crippen LogP contribution in [0.5, 0.6) is 0 Å². The molecule has 0 saturated carbocycles. The number of ether oxygens (including phenoxy) is 2. The molecule has 0 spiro atoms. The molecule has 0 fully saturated rings. The second-order valence-electron chi connectivity index (χ2n) is 1.95. The van der Waals surface area contributed by atoms with Crippen molar-refractivity contribution in [2.75, 3.05) is 13.7 Å². The van der Waals surface area contributed by atoms with Crippen molar-refractivity contribution in [1.82, 2.24) is 0 Å². The zero-order valence-corrected chi connectivity index (χ0v) is 7.09. The number of carbonyl (C=O) groups excluding carboxylic acids is 1. The van der Waals surface area contributed by atoms with Gasteiger partial charge in [-0.05, 0) is 6.42 Å². The predicted molar refractivity (Wildman–Crippen MR) is 41.8 cm³/mol. The summed E-state index contributed by atoms with van der Waals surface area (Å²) < 4.78 is 9.31. The Hall–Kier alpha value is -1.06. The molecule has 11 heavy (non-hydrogen) atoms. The van der Waals surface area contributed by atoms with Gasteiger partial charge in [0.25, 0.3) is 0 Å². The highest BCUT2D eigenvalue weighted by molar-refractivity contribution is 5.86. The van der Waals surface area contributed by atoms with Crippen molar-refractivity contribution in [1.29, 1.82) is 0 Å². The maximum absolute atomic E-state index is 10.5. The van der Waals surface area contributed by atoms with E-state index >= 15 is 0 Å². The summed E-state index contributed by atoms with van der Waals surface area (Å²) in [6, 6.07) is 0. The Morgan fingerprint density at radius 1 is 1.55 bits per heavy atom. The Morgan fingerprint density at radius 3 is 2.64 bits per heavy atom. The van der Waals surface area contributed by atoms with Crippen molar-refractivity contribution in [3.63, 3.8) is 0 Å². The second kappa shape index (κ2) is 5.70. The van der Waals surface area contributed by atoms with Crippen LogP contribution in [0.4, 0.5) is 4.79 Å². The molecule has 0 N–H and O–H groups in total. The lowest BCUT2D eigenvalue weighted by Crippen LogP contribution is -2.04. The fraction of sp³-hybridized carbons (Fsp3) is 0.714. The summed E-state index contributed by atoms with van der Waals surface area (Å²) >= 11 is 0. The van der Waals surface area contributed by atoms with E-state index in [-0.39, 0.29) is 0 Å². The molecule has 0 radical (unpaired) electrons. The number of rotatable bonds is 2. The molecule has 0 aliphatic heterocycles. The molecular formula is C7H13NO3. The van der Waals surface area contributed by atoms with E-state index in [9.17, 15) is 4.79 Å². The van der Waals surface area contributed by atoms with Gasteiger partial charge in [0.15, 0.2) is 5.90 Å². The van der Waals surface area contributed by atoms with Crippen LogP contribution in [0.3, 0.4) is 0 Å². The summed E-state index contributed by atoms with van der Waals surface area (Å²) in [6.45, 7) is 4.17. The van der Waals surface area contributed by atoms with E-state index < -0.39 is 6.09 Å². The Morgan fingerprint density at radius 2 is 2.18 bits per heavy atom. The van der Waals surface area contributed by atoms with Crippen LogP contribution in [0.25, 0.3) is 0 Å². The fourth-order valence-electron chi connectivity index (χ4n) is 0.456. The van der Waals surface area contributed by atoms with Crippen LogP contribution in [-0.4, -0.2) is 25.7 Å². The van der Waals surface area contributed by atoms with Gasteiger partial charge in [-0.25, -0.2) is 4.79 Å².